The average molecular weight is 288 g/mol. The number of amides is 2. The van der Waals surface area contributed by atoms with Crippen molar-refractivity contribution in [1.29, 1.82) is 0 Å². The SMILES string of the molecule is O=C1CC(C(=O)NC(C(=O)O)C2CC2)c2ccccc2N1. The molecule has 0 bridgehead atoms. The van der Waals surface area contributed by atoms with Gasteiger partial charge in [-0.3, -0.25) is 9.59 Å². The normalized spacial score (nSPS) is 21.9. The highest BCUT2D eigenvalue weighted by atomic mass is 16.4. The topological polar surface area (TPSA) is 95.5 Å². The molecule has 1 aliphatic heterocycles. The van der Waals surface area contributed by atoms with Crippen LogP contribution in [0.4, 0.5) is 5.69 Å². The third-order valence-corrected chi connectivity index (χ3v) is 3.97. The zero-order valence-corrected chi connectivity index (χ0v) is 11.3. The van der Waals surface area contributed by atoms with Crippen LogP contribution in [0.3, 0.4) is 0 Å². The number of carboxylic acids is 1. The molecule has 2 aliphatic rings. The van der Waals surface area contributed by atoms with Crippen molar-refractivity contribution in [2.24, 2.45) is 5.92 Å². The van der Waals surface area contributed by atoms with Gasteiger partial charge in [0.2, 0.25) is 11.8 Å². The molecule has 1 fully saturated rings. The van der Waals surface area contributed by atoms with Crippen LogP contribution in [0.1, 0.15) is 30.7 Å². The monoisotopic (exact) mass is 288 g/mol. The first-order chi connectivity index (χ1) is 10.1. The van der Waals surface area contributed by atoms with Crippen LogP contribution in [0, 0.1) is 5.92 Å². The number of rotatable bonds is 4. The second-order valence-corrected chi connectivity index (χ2v) is 5.55. The van der Waals surface area contributed by atoms with E-state index in [0.29, 0.717) is 5.69 Å². The molecule has 0 spiro atoms. The van der Waals surface area contributed by atoms with E-state index in [1.807, 2.05) is 0 Å². The highest BCUT2D eigenvalue weighted by molar-refractivity contribution is 6.01. The van der Waals surface area contributed by atoms with E-state index in [4.69, 9.17) is 0 Å². The molecule has 0 radical (unpaired) electrons. The number of hydrogen-bond acceptors (Lipinski definition) is 3. The molecule has 3 N–H and O–H groups in total. The van der Waals surface area contributed by atoms with Gasteiger partial charge in [-0.15, -0.1) is 0 Å². The van der Waals surface area contributed by atoms with Gasteiger partial charge >= 0.3 is 5.97 Å². The minimum Gasteiger partial charge on any atom is -0.480 e. The van der Waals surface area contributed by atoms with Crippen molar-refractivity contribution in [3.63, 3.8) is 0 Å². The number of fused-ring (bicyclic) bond motifs is 1. The molecule has 3 rings (SSSR count). The number of anilines is 1. The molecule has 6 heteroatoms. The third kappa shape index (κ3) is 2.74. The minimum absolute atomic E-state index is 0.0131. The number of carbonyl (C=O) groups is 3. The van der Waals surface area contributed by atoms with E-state index in [-0.39, 0.29) is 18.2 Å². The lowest BCUT2D eigenvalue weighted by molar-refractivity contribution is -0.142. The van der Waals surface area contributed by atoms with Crippen molar-refractivity contribution in [2.45, 2.75) is 31.2 Å². The van der Waals surface area contributed by atoms with Gasteiger partial charge in [-0.2, -0.15) is 0 Å². The third-order valence-electron chi connectivity index (χ3n) is 3.97. The molecule has 1 aromatic carbocycles. The van der Waals surface area contributed by atoms with E-state index < -0.39 is 23.8 Å². The smallest absolute Gasteiger partial charge is 0.326 e. The molecule has 6 nitrogen and oxygen atoms in total. The second kappa shape index (κ2) is 5.20. The molecule has 21 heavy (non-hydrogen) atoms. The molecular weight excluding hydrogens is 272 g/mol. The summed E-state index contributed by atoms with van der Waals surface area (Å²) in [4.78, 5) is 35.3. The van der Waals surface area contributed by atoms with Crippen LogP contribution in [0.15, 0.2) is 24.3 Å². The first-order valence-corrected chi connectivity index (χ1v) is 6.98. The summed E-state index contributed by atoms with van der Waals surface area (Å²) in [7, 11) is 0. The first kappa shape index (κ1) is 13.6. The van der Waals surface area contributed by atoms with Gasteiger partial charge in [-0.1, -0.05) is 18.2 Å². The molecule has 0 aromatic heterocycles. The van der Waals surface area contributed by atoms with Crippen molar-refractivity contribution in [3.8, 4) is 0 Å². The van der Waals surface area contributed by atoms with Crippen molar-refractivity contribution >= 4 is 23.5 Å². The Kier molecular flexibility index (Phi) is 3.37. The van der Waals surface area contributed by atoms with E-state index in [2.05, 4.69) is 10.6 Å². The second-order valence-electron chi connectivity index (χ2n) is 5.55. The highest BCUT2D eigenvalue weighted by Crippen LogP contribution is 2.35. The predicted molar refractivity (Wildman–Crippen MR) is 74.7 cm³/mol. The van der Waals surface area contributed by atoms with Crippen LogP contribution in [0.25, 0.3) is 0 Å². The number of carbonyl (C=O) groups excluding carboxylic acids is 2. The molecule has 110 valence electrons. The fraction of sp³-hybridized carbons (Fsp3) is 0.400. The summed E-state index contributed by atoms with van der Waals surface area (Å²) >= 11 is 0. The van der Waals surface area contributed by atoms with Crippen LogP contribution in [0.2, 0.25) is 0 Å². The number of benzene rings is 1. The van der Waals surface area contributed by atoms with Crippen molar-refractivity contribution in [1.82, 2.24) is 5.32 Å². The predicted octanol–water partition coefficient (Wildman–Crippen LogP) is 1.09. The molecule has 2 amide bonds. The highest BCUT2D eigenvalue weighted by Gasteiger charge is 2.39. The van der Waals surface area contributed by atoms with Crippen molar-refractivity contribution in [3.05, 3.63) is 29.8 Å². The Bertz CT molecular complexity index is 609. The van der Waals surface area contributed by atoms with Gasteiger partial charge in [-0.05, 0) is 30.4 Å². The Hall–Kier alpha value is -2.37. The molecular formula is C15H16N2O4. The maximum Gasteiger partial charge on any atom is 0.326 e. The molecule has 1 aromatic rings. The maximum absolute atomic E-state index is 12.4. The Balaban J connectivity index is 1.81. The van der Waals surface area contributed by atoms with Gasteiger partial charge in [0.05, 0.1) is 5.92 Å². The van der Waals surface area contributed by atoms with Gasteiger partial charge in [0.25, 0.3) is 0 Å². The van der Waals surface area contributed by atoms with Gasteiger partial charge in [0, 0.05) is 12.1 Å². The fourth-order valence-corrected chi connectivity index (χ4v) is 2.71. The number of carboxylic acid groups (broad SMARTS) is 1. The zero-order valence-electron chi connectivity index (χ0n) is 11.3. The summed E-state index contributed by atoms with van der Waals surface area (Å²) in [6.45, 7) is 0. The van der Waals surface area contributed by atoms with E-state index in [0.717, 1.165) is 18.4 Å². The first-order valence-electron chi connectivity index (χ1n) is 6.98. The summed E-state index contributed by atoms with van der Waals surface area (Å²) in [5, 5.41) is 14.5. The summed E-state index contributed by atoms with van der Waals surface area (Å²) in [6.07, 6.45) is 1.68. The Morgan fingerprint density at radius 2 is 2.00 bits per heavy atom. The fourth-order valence-electron chi connectivity index (χ4n) is 2.71. The van der Waals surface area contributed by atoms with E-state index in [1.54, 1.807) is 24.3 Å². The summed E-state index contributed by atoms with van der Waals surface area (Å²) in [6, 6.07) is 6.25. The van der Waals surface area contributed by atoms with Gasteiger partial charge in [0.1, 0.15) is 6.04 Å². The molecule has 0 saturated heterocycles. The molecule has 1 heterocycles. The Labute approximate surface area is 121 Å². The Morgan fingerprint density at radius 1 is 1.29 bits per heavy atom. The van der Waals surface area contributed by atoms with Crippen LogP contribution >= 0.6 is 0 Å². The number of aliphatic carboxylic acids is 1. The number of hydrogen-bond donors (Lipinski definition) is 3. The standard InChI is InChI=1S/C15H16N2O4/c18-12-7-10(9-3-1-2-4-11(9)16-12)14(19)17-13(15(20)21)8-5-6-8/h1-4,8,10,13H,5-7H2,(H,16,18)(H,17,19)(H,20,21). The van der Waals surface area contributed by atoms with Crippen LogP contribution in [-0.4, -0.2) is 28.9 Å². The quantitative estimate of drug-likeness (QED) is 0.773. The van der Waals surface area contributed by atoms with Crippen LogP contribution < -0.4 is 10.6 Å². The number of para-hydroxylation sites is 1. The molecule has 1 aliphatic carbocycles. The van der Waals surface area contributed by atoms with Gasteiger partial charge in [-0.25, -0.2) is 4.79 Å². The summed E-state index contributed by atoms with van der Waals surface area (Å²) < 4.78 is 0. The lowest BCUT2D eigenvalue weighted by atomic mass is 9.89. The van der Waals surface area contributed by atoms with Crippen LogP contribution in [-0.2, 0) is 14.4 Å². The summed E-state index contributed by atoms with van der Waals surface area (Å²) in [5.74, 6) is -2.25. The summed E-state index contributed by atoms with van der Waals surface area (Å²) in [5.41, 5.74) is 1.35. The van der Waals surface area contributed by atoms with Crippen LogP contribution in [0.5, 0.6) is 0 Å². The van der Waals surface area contributed by atoms with E-state index in [9.17, 15) is 19.5 Å². The lowest BCUT2D eigenvalue weighted by Gasteiger charge is -2.26. The van der Waals surface area contributed by atoms with Crippen molar-refractivity contribution in [2.75, 3.05) is 5.32 Å². The van der Waals surface area contributed by atoms with E-state index in [1.165, 1.54) is 0 Å². The van der Waals surface area contributed by atoms with Gasteiger partial charge < -0.3 is 15.7 Å². The zero-order chi connectivity index (χ0) is 15.0. The lowest BCUT2D eigenvalue weighted by Crippen LogP contribution is -2.45. The molecule has 2 unspecified atom stereocenters. The molecule has 1 saturated carbocycles. The van der Waals surface area contributed by atoms with Crippen molar-refractivity contribution < 1.29 is 19.5 Å². The van der Waals surface area contributed by atoms with Gasteiger partial charge in [0.15, 0.2) is 0 Å². The van der Waals surface area contributed by atoms with E-state index >= 15 is 0 Å². The molecule has 2 atom stereocenters. The largest absolute Gasteiger partial charge is 0.480 e. The maximum atomic E-state index is 12.4. The average Bonchev–Trinajstić information content (AvgIpc) is 3.27. The number of nitrogens with one attached hydrogen (secondary N) is 2. The minimum atomic E-state index is -1.01. The Morgan fingerprint density at radius 3 is 2.67 bits per heavy atom.